The predicted molar refractivity (Wildman–Crippen MR) is 144 cm³/mol. The second-order valence-electron chi connectivity index (χ2n) is 8.02. The molecule has 4 aromatic rings. The van der Waals surface area contributed by atoms with E-state index in [-0.39, 0.29) is 35.0 Å². The van der Waals surface area contributed by atoms with Crippen LogP contribution in [0.5, 0.6) is 17.6 Å². The largest absolute Gasteiger partial charge is 0.485 e. The van der Waals surface area contributed by atoms with Gasteiger partial charge in [0.1, 0.15) is 18.1 Å². The molecule has 2 aromatic carbocycles. The van der Waals surface area contributed by atoms with Crippen LogP contribution in [0.4, 0.5) is 11.5 Å². The number of amides is 1. The number of hydrogen-bond donors (Lipinski definition) is 2. The minimum absolute atomic E-state index is 0.0297. The highest BCUT2D eigenvalue weighted by Gasteiger charge is 2.18. The molecule has 0 aliphatic rings. The van der Waals surface area contributed by atoms with Crippen molar-refractivity contribution in [2.75, 3.05) is 24.3 Å². The van der Waals surface area contributed by atoms with Crippen molar-refractivity contribution < 1.29 is 31.8 Å². The number of furan rings is 1. The summed E-state index contributed by atoms with van der Waals surface area (Å²) < 4.78 is 49.4. The minimum atomic E-state index is -4.00. The van der Waals surface area contributed by atoms with Gasteiger partial charge in [0, 0.05) is 11.8 Å². The number of carbonyl (C=O) groups excluding carboxylic acids is 1. The van der Waals surface area contributed by atoms with Gasteiger partial charge in [-0.25, -0.2) is 8.42 Å². The van der Waals surface area contributed by atoms with Crippen LogP contribution in [0.15, 0.2) is 88.7 Å². The van der Waals surface area contributed by atoms with Crippen LogP contribution in [0.2, 0.25) is 0 Å². The molecule has 0 aliphatic carbocycles. The predicted octanol–water partition coefficient (Wildman–Crippen LogP) is 4.45. The fourth-order valence-corrected chi connectivity index (χ4v) is 4.45. The van der Waals surface area contributed by atoms with Crippen molar-refractivity contribution in [1.82, 2.24) is 9.97 Å². The Morgan fingerprint density at radius 2 is 1.79 bits per heavy atom. The molecule has 2 heterocycles. The third kappa shape index (κ3) is 6.93. The maximum absolute atomic E-state index is 12.8. The molecule has 0 bridgehead atoms. The number of carbonyl (C=O) groups is 1. The van der Waals surface area contributed by atoms with Crippen LogP contribution in [-0.4, -0.2) is 38.5 Å². The average molecular weight is 551 g/mol. The van der Waals surface area contributed by atoms with E-state index in [1.54, 1.807) is 12.1 Å². The van der Waals surface area contributed by atoms with Gasteiger partial charge in [-0.2, -0.15) is 9.97 Å². The normalized spacial score (nSPS) is 10.9. The maximum atomic E-state index is 12.8. The number of aromatic nitrogens is 2. The topological polar surface area (TPSA) is 142 Å². The highest BCUT2D eigenvalue weighted by atomic mass is 32.2. The van der Waals surface area contributed by atoms with Crippen LogP contribution in [0.25, 0.3) is 0 Å². The van der Waals surface area contributed by atoms with E-state index in [4.69, 9.17) is 18.6 Å². The molecule has 12 heteroatoms. The summed E-state index contributed by atoms with van der Waals surface area (Å²) in [5, 5.41) is 2.68. The lowest BCUT2D eigenvalue weighted by Gasteiger charge is -2.10. The van der Waals surface area contributed by atoms with Crippen LogP contribution in [0, 0.1) is 0 Å². The monoisotopic (exact) mass is 550 g/mol. The van der Waals surface area contributed by atoms with Crippen molar-refractivity contribution in [3.8, 4) is 17.6 Å². The Kier molecular flexibility index (Phi) is 8.46. The Bertz CT molecular complexity index is 1550. The van der Waals surface area contributed by atoms with Crippen molar-refractivity contribution in [1.29, 1.82) is 0 Å². The molecule has 0 saturated carbocycles. The molecule has 0 unspecified atom stereocenters. The number of anilines is 2. The summed E-state index contributed by atoms with van der Waals surface area (Å²) in [5.41, 5.74) is 1.37. The van der Waals surface area contributed by atoms with E-state index in [9.17, 15) is 13.2 Å². The summed E-state index contributed by atoms with van der Waals surface area (Å²) in [6.45, 7) is 3.90. The zero-order valence-electron chi connectivity index (χ0n) is 21.2. The first-order chi connectivity index (χ1) is 18.8. The Balaban J connectivity index is 1.38. The van der Waals surface area contributed by atoms with Gasteiger partial charge in [-0.1, -0.05) is 24.3 Å². The number of ether oxygens (including phenoxy) is 3. The molecule has 0 fully saturated rings. The third-order valence-electron chi connectivity index (χ3n) is 5.33. The molecular formula is C27H26N4O7S. The molecule has 11 nitrogen and oxygen atoms in total. The fraction of sp³-hybridized carbons (Fsp3) is 0.148. The number of hydrogen-bond acceptors (Lipinski definition) is 9. The van der Waals surface area contributed by atoms with E-state index in [0.717, 1.165) is 5.56 Å². The van der Waals surface area contributed by atoms with Crippen LogP contribution >= 0.6 is 0 Å². The van der Waals surface area contributed by atoms with Crippen molar-refractivity contribution in [3.05, 3.63) is 96.5 Å². The smallest absolute Gasteiger partial charge is 0.321 e. The quantitative estimate of drug-likeness (QED) is 0.245. The SMILES string of the molecule is C=CCc1ccccc1OCc1ccc(C(=O)Nc2ccc(S(=O)(=O)Nc3cc(OC)nc(OC)n3)cc2)o1. The van der Waals surface area contributed by atoms with Crippen molar-refractivity contribution in [2.24, 2.45) is 0 Å². The van der Waals surface area contributed by atoms with Gasteiger partial charge in [-0.15, -0.1) is 6.58 Å². The molecule has 0 atom stereocenters. The van der Waals surface area contributed by atoms with E-state index < -0.39 is 15.9 Å². The van der Waals surface area contributed by atoms with Gasteiger partial charge in [-0.05, 0) is 54.4 Å². The first kappa shape index (κ1) is 27.2. The van der Waals surface area contributed by atoms with Crippen molar-refractivity contribution >= 4 is 27.4 Å². The van der Waals surface area contributed by atoms with Gasteiger partial charge in [0.05, 0.1) is 19.1 Å². The summed E-state index contributed by atoms with van der Waals surface area (Å²) in [6, 6.07) is 17.7. The maximum Gasteiger partial charge on any atom is 0.321 e. The minimum Gasteiger partial charge on any atom is -0.485 e. The van der Waals surface area contributed by atoms with E-state index in [2.05, 4.69) is 26.6 Å². The number of nitrogens with one attached hydrogen (secondary N) is 2. The van der Waals surface area contributed by atoms with Gasteiger partial charge in [0.15, 0.2) is 11.6 Å². The molecule has 0 radical (unpaired) electrons. The lowest BCUT2D eigenvalue weighted by atomic mass is 10.1. The van der Waals surface area contributed by atoms with Crippen molar-refractivity contribution in [2.45, 2.75) is 17.9 Å². The number of rotatable bonds is 12. The molecule has 0 aliphatic heterocycles. The lowest BCUT2D eigenvalue weighted by molar-refractivity contribution is 0.0992. The Morgan fingerprint density at radius 3 is 2.51 bits per heavy atom. The van der Waals surface area contributed by atoms with Gasteiger partial charge in [0.2, 0.25) is 5.88 Å². The zero-order chi connectivity index (χ0) is 27.8. The highest BCUT2D eigenvalue weighted by Crippen LogP contribution is 2.23. The highest BCUT2D eigenvalue weighted by molar-refractivity contribution is 7.92. The molecule has 202 valence electrons. The number of nitrogens with zero attached hydrogens (tertiary/aromatic N) is 2. The van der Waals surface area contributed by atoms with Gasteiger partial charge in [-0.3, -0.25) is 9.52 Å². The molecule has 0 spiro atoms. The Labute approximate surface area is 225 Å². The van der Waals surface area contributed by atoms with E-state index in [0.29, 0.717) is 23.6 Å². The van der Waals surface area contributed by atoms with Crippen molar-refractivity contribution in [3.63, 3.8) is 0 Å². The number of para-hydroxylation sites is 1. The molecule has 0 saturated heterocycles. The first-order valence-corrected chi connectivity index (χ1v) is 13.1. The lowest BCUT2D eigenvalue weighted by Crippen LogP contribution is -2.15. The molecule has 2 N–H and O–H groups in total. The molecule has 2 aromatic heterocycles. The second kappa shape index (κ2) is 12.1. The van der Waals surface area contributed by atoms with E-state index in [1.165, 1.54) is 50.6 Å². The summed E-state index contributed by atoms with van der Waals surface area (Å²) in [4.78, 5) is 20.5. The number of sulfonamides is 1. The van der Waals surface area contributed by atoms with Crippen LogP contribution in [0.3, 0.4) is 0 Å². The molecular weight excluding hydrogens is 524 g/mol. The Hall–Kier alpha value is -4.84. The fourth-order valence-electron chi connectivity index (χ4n) is 3.45. The number of allylic oxidation sites excluding steroid dienone is 1. The van der Waals surface area contributed by atoms with Crippen LogP contribution in [0.1, 0.15) is 21.9 Å². The first-order valence-electron chi connectivity index (χ1n) is 11.6. The van der Waals surface area contributed by atoms with Crippen LogP contribution < -0.4 is 24.2 Å². The molecule has 39 heavy (non-hydrogen) atoms. The summed E-state index contributed by atoms with van der Waals surface area (Å²) in [6.07, 6.45) is 2.46. The van der Waals surface area contributed by atoms with Gasteiger partial charge >= 0.3 is 6.01 Å². The summed E-state index contributed by atoms with van der Waals surface area (Å²) in [5.74, 6) is 0.863. The number of methoxy groups -OCH3 is 2. The molecule has 4 rings (SSSR count). The Morgan fingerprint density at radius 1 is 1.03 bits per heavy atom. The third-order valence-corrected chi connectivity index (χ3v) is 6.70. The average Bonchev–Trinajstić information content (AvgIpc) is 3.42. The summed E-state index contributed by atoms with van der Waals surface area (Å²) in [7, 11) is -1.26. The van der Waals surface area contributed by atoms with E-state index >= 15 is 0 Å². The molecule has 1 amide bonds. The number of benzene rings is 2. The van der Waals surface area contributed by atoms with Gasteiger partial charge < -0.3 is 23.9 Å². The summed E-state index contributed by atoms with van der Waals surface area (Å²) >= 11 is 0. The second-order valence-corrected chi connectivity index (χ2v) is 9.70. The van der Waals surface area contributed by atoms with E-state index in [1.807, 2.05) is 24.3 Å². The van der Waals surface area contributed by atoms with Gasteiger partial charge in [0.25, 0.3) is 15.9 Å². The zero-order valence-corrected chi connectivity index (χ0v) is 22.0. The van der Waals surface area contributed by atoms with Crippen LogP contribution in [-0.2, 0) is 23.1 Å². The standard InChI is InChI=1S/C27H26N4O7S/c1-4-7-18-8-5-6-9-22(18)37-17-20-12-15-23(38-20)26(32)28-19-10-13-21(14-11-19)39(33,34)31-24-16-25(35-2)30-27(29-24)36-3/h4-6,8-16H,1,7,17H2,2-3H3,(H,28,32)(H,29,30,31).